The molecule has 0 bridgehead atoms. The van der Waals surface area contributed by atoms with Crippen molar-refractivity contribution >= 4 is 34.6 Å². The van der Waals surface area contributed by atoms with Crippen LogP contribution in [0.3, 0.4) is 0 Å². The van der Waals surface area contributed by atoms with Crippen LogP contribution in [-0.4, -0.2) is 31.3 Å². The normalized spacial score (nSPS) is 9.67. The predicted molar refractivity (Wildman–Crippen MR) is 64.3 cm³/mol. The summed E-state index contributed by atoms with van der Waals surface area (Å²) in [5.74, 6) is -0.181. The van der Waals surface area contributed by atoms with Gasteiger partial charge in [-0.05, 0) is 23.7 Å². The first-order chi connectivity index (χ1) is 7.24. The van der Waals surface area contributed by atoms with Crippen LogP contribution in [0.5, 0.6) is 0 Å². The van der Waals surface area contributed by atoms with Gasteiger partial charge in [0.15, 0.2) is 5.11 Å². The van der Waals surface area contributed by atoms with Crippen molar-refractivity contribution in [1.82, 2.24) is 10.6 Å². The molecule has 2 N–H and O–H groups in total. The number of nitrogens with one attached hydrogen (secondary N) is 2. The van der Waals surface area contributed by atoms with E-state index >= 15 is 0 Å². The zero-order valence-corrected chi connectivity index (χ0v) is 9.91. The minimum Gasteiger partial charge on any atom is -0.383 e. The van der Waals surface area contributed by atoms with Gasteiger partial charge >= 0.3 is 0 Å². The molecule has 0 spiro atoms. The zero-order chi connectivity index (χ0) is 11.1. The summed E-state index contributed by atoms with van der Waals surface area (Å²) in [5.41, 5.74) is 0. The molecule has 1 rings (SSSR count). The Kier molecular flexibility index (Phi) is 5.23. The number of thiocarbonyl (C=S) groups is 1. The summed E-state index contributed by atoms with van der Waals surface area (Å²) in [6.07, 6.45) is 0. The Hall–Kier alpha value is -0.980. The van der Waals surface area contributed by atoms with Crippen molar-refractivity contribution in [3.8, 4) is 0 Å². The average Bonchev–Trinajstić information content (AvgIpc) is 2.70. The lowest BCUT2D eigenvalue weighted by Crippen LogP contribution is -2.40. The summed E-state index contributed by atoms with van der Waals surface area (Å²) in [6.45, 7) is 1.13. The van der Waals surface area contributed by atoms with E-state index in [1.807, 2.05) is 11.4 Å². The minimum absolute atomic E-state index is 0.181. The van der Waals surface area contributed by atoms with Crippen molar-refractivity contribution in [2.24, 2.45) is 0 Å². The van der Waals surface area contributed by atoms with Gasteiger partial charge in [-0.2, -0.15) is 0 Å². The van der Waals surface area contributed by atoms with E-state index in [9.17, 15) is 4.79 Å². The molecule has 0 fully saturated rings. The number of methoxy groups -OCH3 is 1. The summed E-state index contributed by atoms with van der Waals surface area (Å²) >= 11 is 6.30. The van der Waals surface area contributed by atoms with Gasteiger partial charge in [-0.15, -0.1) is 11.3 Å². The topological polar surface area (TPSA) is 50.4 Å². The fourth-order valence-corrected chi connectivity index (χ4v) is 1.70. The van der Waals surface area contributed by atoms with E-state index in [0.29, 0.717) is 23.1 Å². The van der Waals surface area contributed by atoms with Gasteiger partial charge in [-0.3, -0.25) is 10.1 Å². The van der Waals surface area contributed by atoms with Crippen molar-refractivity contribution in [1.29, 1.82) is 0 Å². The third kappa shape index (κ3) is 4.37. The fourth-order valence-electron chi connectivity index (χ4n) is 0.883. The quantitative estimate of drug-likeness (QED) is 0.613. The third-order valence-corrected chi connectivity index (χ3v) is 2.68. The molecule has 0 saturated carbocycles. The summed E-state index contributed by atoms with van der Waals surface area (Å²) in [7, 11) is 1.61. The van der Waals surface area contributed by atoms with Crippen LogP contribution in [0.2, 0.25) is 0 Å². The summed E-state index contributed by atoms with van der Waals surface area (Å²) in [4.78, 5) is 12.1. The van der Waals surface area contributed by atoms with Gasteiger partial charge < -0.3 is 10.1 Å². The highest BCUT2D eigenvalue weighted by atomic mass is 32.1. The number of amides is 1. The van der Waals surface area contributed by atoms with Gasteiger partial charge in [0.1, 0.15) is 0 Å². The first-order valence-corrected chi connectivity index (χ1v) is 5.64. The lowest BCUT2D eigenvalue weighted by Gasteiger charge is -2.07. The number of rotatable bonds is 4. The SMILES string of the molecule is COCCNC(=S)NC(=O)c1cccs1. The van der Waals surface area contributed by atoms with E-state index in [-0.39, 0.29) is 5.91 Å². The highest BCUT2D eigenvalue weighted by molar-refractivity contribution is 7.80. The maximum atomic E-state index is 11.5. The highest BCUT2D eigenvalue weighted by Crippen LogP contribution is 2.07. The van der Waals surface area contributed by atoms with E-state index in [4.69, 9.17) is 17.0 Å². The largest absolute Gasteiger partial charge is 0.383 e. The maximum Gasteiger partial charge on any atom is 0.267 e. The Balaban J connectivity index is 2.29. The zero-order valence-electron chi connectivity index (χ0n) is 8.28. The van der Waals surface area contributed by atoms with E-state index in [1.54, 1.807) is 13.2 Å². The minimum atomic E-state index is -0.181. The van der Waals surface area contributed by atoms with Crippen LogP contribution in [0.25, 0.3) is 0 Å². The molecule has 0 saturated heterocycles. The molecule has 0 aliphatic carbocycles. The molecule has 1 aromatic heterocycles. The Morgan fingerprint density at radius 3 is 3.07 bits per heavy atom. The van der Waals surface area contributed by atoms with Gasteiger partial charge in [0, 0.05) is 13.7 Å². The van der Waals surface area contributed by atoms with Crippen LogP contribution in [0.15, 0.2) is 17.5 Å². The van der Waals surface area contributed by atoms with Crippen LogP contribution in [0.4, 0.5) is 0 Å². The lowest BCUT2D eigenvalue weighted by atomic mass is 10.4. The van der Waals surface area contributed by atoms with Crippen LogP contribution in [0.1, 0.15) is 9.67 Å². The van der Waals surface area contributed by atoms with Crippen LogP contribution < -0.4 is 10.6 Å². The molecule has 0 aliphatic heterocycles. The second-order valence-electron chi connectivity index (χ2n) is 2.68. The van der Waals surface area contributed by atoms with Gasteiger partial charge in [0.05, 0.1) is 11.5 Å². The van der Waals surface area contributed by atoms with Crippen molar-refractivity contribution in [2.45, 2.75) is 0 Å². The molecule has 1 amide bonds. The number of carbonyl (C=O) groups is 1. The summed E-state index contributed by atoms with van der Waals surface area (Å²) in [6, 6.07) is 3.57. The Morgan fingerprint density at radius 2 is 2.47 bits per heavy atom. The van der Waals surface area contributed by atoms with Gasteiger partial charge in [0.25, 0.3) is 5.91 Å². The average molecular weight is 244 g/mol. The van der Waals surface area contributed by atoms with Crippen LogP contribution >= 0.6 is 23.6 Å². The summed E-state index contributed by atoms with van der Waals surface area (Å²) in [5, 5.41) is 7.60. The molecule has 0 aliphatic rings. The fraction of sp³-hybridized carbons (Fsp3) is 0.333. The molecule has 15 heavy (non-hydrogen) atoms. The van der Waals surface area contributed by atoms with Crippen molar-refractivity contribution in [3.63, 3.8) is 0 Å². The van der Waals surface area contributed by atoms with Gasteiger partial charge in [-0.1, -0.05) is 6.07 Å². The van der Waals surface area contributed by atoms with Crippen LogP contribution in [0, 0.1) is 0 Å². The second-order valence-corrected chi connectivity index (χ2v) is 4.04. The first-order valence-electron chi connectivity index (χ1n) is 4.35. The van der Waals surface area contributed by atoms with E-state index in [1.165, 1.54) is 11.3 Å². The smallest absolute Gasteiger partial charge is 0.267 e. The second kappa shape index (κ2) is 6.49. The van der Waals surface area contributed by atoms with Crippen LogP contribution in [-0.2, 0) is 4.74 Å². The predicted octanol–water partition coefficient (Wildman–Crippen LogP) is 0.999. The Bertz CT molecular complexity index is 325. The molecule has 4 nitrogen and oxygen atoms in total. The molecule has 0 atom stereocenters. The number of ether oxygens (including phenoxy) is 1. The maximum absolute atomic E-state index is 11.5. The van der Waals surface area contributed by atoms with E-state index in [0.717, 1.165) is 0 Å². The number of carbonyl (C=O) groups excluding carboxylic acids is 1. The number of hydrogen-bond donors (Lipinski definition) is 2. The molecular formula is C9H12N2O2S2. The molecule has 0 aromatic carbocycles. The molecule has 0 radical (unpaired) electrons. The molecule has 1 heterocycles. The van der Waals surface area contributed by atoms with E-state index < -0.39 is 0 Å². The van der Waals surface area contributed by atoms with Gasteiger partial charge in [0.2, 0.25) is 0 Å². The Morgan fingerprint density at radius 1 is 1.67 bits per heavy atom. The standard InChI is InChI=1S/C9H12N2O2S2/c1-13-5-4-10-9(14)11-8(12)7-3-2-6-15-7/h2-3,6H,4-5H2,1H3,(H2,10,11,12,14). The van der Waals surface area contributed by atoms with Crippen molar-refractivity contribution < 1.29 is 9.53 Å². The van der Waals surface area contributed by atoms with E-state index in [2.05, 4.69) is 10.6 Å². The van der Waals surface area contributed by atoms with Crippen molar-refractivity contribution in [2.75, 3.05) is 20.3 Å². The first kappa shape index (κ1) is 12.1. The lowest BCUT2D eigenvalue weighted by molar-refractivity contribution is 0.0980. The monoisotopic (exact) mass is 244 g/mol. The molecule has 6 heteroatoms. The molecular weight excluding hydrogens is 232 g/mol. The van der Waals surface area contributed by atoms with Crippen molar-refractivity contribution in [3.05, 3.63) is 22.4 Å². The summed E-state index contributed by atoms with van der Waals surface area (Å²) < 4.78 is 4.84. The Labute approximate surface area is 97.6 Å². The number of thiophene rings is 1. The molecule has 0 unspecified atom stereocenters. The van der Waals surface area contributed by atoms with Gasteiger partial charge in [-0.25, -0.2) is 0 Å². The third-order valence-electron chi connectivity index (χ3n) is 1.56. The molecule has 1 aromatic rings. The highest BCUT2D eigenvalue weighted by Gasteiger charge is 2.07. The molecule has 82 valence electrons. The number of hydrogen-bond acceptors (Lipinski definition) is 4.